The first kappa shape index (κ1) is 12.1. The van der Waals surface area contributed by atoms with Gasteiger partial charge < -0.3 is 0 Å². The summed E-state index contributed by atoms with van der Waals surface area (Å²) in [6, 6.07) is 0. The monoisotopic (exact) mass is 236 g/mol. The minimum Gasteiger partial charge on any atom is -0.212 e. The Labute approximate surface area is 90.8 Å². The van der Waals surface area contributed by atoms with Crippen LogP contribution in [0.3, 0.4) is 0 Å². The summed E-state index contributed by atoms with van der Waals surface area (Å²) in [5.41, 5.74) is 2.55. The second-order valence-corrected chi connectivity index (χ2v) is 7.36. The predicted molar refractivity (Wildman–Crippen MR) is 60.0 cm³/mol. The van der Waals surface area contributed by atoms with Gasteiger partial charge in [-0.2, -0.15) is 0 Å². The van der Waals surface area contributed by atoms with Crippen molar-refractivity contribution in [1.82, 2.24) is 0 Å². The maximum atomic E-state index is 11.2. The van der Waals surface area contributed by atoms with Crippen LogP contribution in [0.1, 0.15) is 46.5 Å². The highest BCUT2D eigenvalue weighted by molar-refractivity contribution is 8.15. The van der Waals surface area contributed by atoms with Gasteiger partial charge in [-0.25, -0.2) is 8.42 Å². The van der Waals surface area contributed by atoms with E-state index in [1.54, 1.807) is 0 Å². The van der Waals surface area contributed by atoms with Crippen LogP contribution in [0, 0.1) is 0 Å². The molecular weight excluding hydrogens is 220 g/mol. The van der Waals surface area contributed by atoms with Gasteiger partial charge in [0.25, 0.3) is 0 Å². The van der Waals surface area contributed by atoms with E-state index in [-0.39, 0.29) is 0 Å². The van der Waals surface area contributed by atoms with Crippen LogP contribution in [0.15, 0.2) is 11.1 Å². The molecule has 14 heavy (non-hydrogen) atoms. The second-order valence-electron chi connectivity index (χ2n) is 4.40. The van der Waals surface area contributed by atoms with Crippen molar-refractivity contribution < 1.29 is 8.42 Å². The minimum absolute atomic E-state index is 0.592. The molecule has 0 saturated heterocycles. The van der Waals surface area contributed by atoms with E-state index in [0.29, 0.717) is 6.42 Å². The summed E-state index contributed by atoms with van der Waals surface area (Å²) in [5.74, 6) is 0. The average molecular weight is 237 g/mol. The first-order valence-corrected chi connectivity index (χ1v) is 7.17. The summed E-state index contributed by atoms with van der Waals surface area (Å²) >= 11 is 0. The van der Waals surface area contributed by atoms with Crippen molar-refractivity contribution in [1.29, 1.82) is 0 Å². The van der Waals surface area contributed by atoms with Gasteiger partial charge in [-0.05, 0) is 46.5 Å². The van der Waals surface area contributed by atoms with E-state index >= 15 is 0 Å². The van der Waals surface area contributed by atoms with Crippen molar-refractivity contribution in [2.45, 2.75) is 51.2 Å². The zero-order valence-corrected chi connectivity index (χ0v) is 10.5. The highest BCUT2D eigenvalue weighted by Gasteiger charge is 2.53. The number of hydrogen-bond donors (Lipinski definition) is 0. The molecule has 0 amide bonds. The Balaban J connectivity index is 2.60. The third kappa shape index (κ3) is 2.51. The fraction of sp³-hybridized carbons (Fsp3) is 0.800. The van der Waals surface area contributed by atoms with Crippen molar-refractivity contribution in [2.24, 2.45) is 0 Å². The lowest BCUT2D eigenvalue weighted by atomic mass is 10.1. The highest BCUT2D eigenvalue weighted by atomic mass is 35.7. The Hall–Kier alpha value is -0.0200. The van der Waals surface area contributed by atoms with E-state index in [1.165, 1.54) is 11.1 Å². The van der Waals surface area contributed by atoms with Crippen LogP contribution < -0.4 is 0 Å². The SMILES string of the molecule is CC(C)=C(C)CCC1(S(=O)(=O)Cl)CC1. The van der Waals surface area contributed by atoms with E-state index in [2.05, 4.69) is 0 Å². The lowest BCUT2D eigenvalue weighted by Gasteiger charge is -2.11. The molecule has 0 radical (unpaired) electrons. The molecule has 2 nitrogen and oxygen atoms in total. The maximum absolute atomic E-state index is 11.2. The van der Waals surface area contributed by atoms with Gasteiger partial charge in [-0.3, -0.25) is 0 Å². The van der Waals surface area contributed by atoms with Crippen molar-refractivity contribution in [2.75, 3.05) is 0 Å². The van der Waals surface area contributed by atoms with Crippen LogP contribution in [0.5, 0.6) is 0 Å². The van der Waals surface area contributed by atoms with Crippen LogP contribution in [0.2, 0.25) is 0 Å². The average Bonchev–Trinajstić information content (AvgIpc) is 2.78. The molecule has 0 atom stereocenters. The number of allylic oxidation sites excluding steroid dienone is 2. The molecule has 0 bridgehead atoms. The Morgan fingerprint density at radius 3 is 2.07 bits per heavy atom. The van der Waals surface area contributed by atoms with E-state index in [1.807, 2.05) is 20.8 Å². The molecule has 0 spiro atoms. The van der Waals surface area contributed by atoms with Gasteiger partial charge in [-0.15, -0.1) is 0 Å². The molecule has 1 saturated carbocycles. The Kier molecular flexibility index (Phi) is 3.32. The lowest BCUT2D eigenvalue weighted by molar-refractivity contribution is 0.581. The molecule has 1 rings (SSSR count). The molecule has 1 aliphatic carbocycles. The number of rotatable bonds is 4. The van der Waals surface area contributed by atoms with Crippen molar-refractivity contribution in [3.63, 3.8) is 0 Å². The molecule has 0 unspecified atom stereocenters. The fourth-order valence-corrected chi connectivity index (χ4v) is 3.05. The predicted octanol–water partition coefficient (Wildman–Crippen LogP) is 3.22. The first-order valence-electron chi connectivity index (χ1n) is 4.86. The molecule has 0 aromatic rings. The van der Waals surface area contributed by atoms with Crippen LogP contribution in [0.4, 0.5) is 0 Å². The molecule has 4 heteroatoms. The Morgan fingerprint density at radius 1 is 1.29 bits per heavy atom. The minimum atomic E-state index is -3.36. The summed E-state index contributed by atoms with van der Waals surface area (Å²) in [7, 11) is 2.04. The fourth-order valence-electron chi connectivity index (χ4n) is 1.42. The van der Waals surface area contributed by atoms with Crippen molar-refractivity contribution in [3.05, 3.63) is 11.1 Å². The molecule has 0 aromatic carbocycles. The summed E-state index contributed by atoms with van der Waals surface area (Å²) in [4.78, 5) is 0. The zero-order valence-electron chi connectivity index (χ0n) is 8.93. The van der Waals surface area contributed by atoms with Crippen molar-refractivity contribution in [3.8, 4) is 0 Å². The molecule has 1 aliphatic rings. The molecule has 82 valence electrons. The summed E-state index contributed by atoms with van der Waals surface area (Å²) in [6.45, 7) is 6.14. The van der Waals surface area contributed by atoms with Crippen LogP contribution >= 0.6 is 10.7 Å². The van der Waals surface area contributed by atoms with Gasteiger partial charge in [-0.1, -0.05) is 11.1 Å². The summed E-state index contributed by atoms with van der Waals surface area (Å²) < 4.78 is 21.9. The normalized spacial score (nSPS) is 19.1. The molecule has 0 aromatic heterocycles. The Bertz CT molecular complexity index is 346. The molecular formula is C10H17ClO2S. The Morgan fingerprint density at radius 2 is 1.79 bits per heavy atom. The quantitative estimate of drug-likeness (QED) is 0.555. The molecule has 0 N–H and O–H groups in total. The van der Waals surface area contributed by atoms with Gasteiger partial charge in [0.05, 0.1) is 4.75 Å². The zero-order chi connectivity index (χ0) is 11.0. The van der Waals surface area contributed by atoms with E-state index in [4.69, 9.17) is 10.7 Å². The standard InChI is InChI=1S/C10H17ClO2S/c1-8(2)9(3)4-5-10(6-7-10)14(11,12)13/h4-7H2,1-3H3. The third-order valence-corrected chi connectivity index (χ3v) is 5.76. The van der Waals surface area contributed by atoms with Crippen LogP contribution in [0.25, 0.3) is 0 Å². The van der Waals surface area contributed by atoms with Gasteiger partial charge >= 0.3 is 0 Å². The largest absolute Gasteiger partial charge is 0.238 e. The topological polar surface area (TPSA) is 34.1 Å². The molecule has 0 aliphatic heterocycles. The van der Waals surface area contributed by atoms with Gasteiger partial charge in [0.1, 0.15) is 0 Å². The lowest BCUT2D eigenvalue weighted by Crippen LogP contribution is -2.17. The van der Waals surface area contributed by atoms with Crippen molar-refractivity contribution >= 4 is 19.7 Å². The first-order chi connectivity index (χ1) is 6.28. The van der Waals surface area contributed by atoms with E-state index in [0.717, 1.165) is 19.3 Å². The van der Waals surface area contributed by atoms with Gasteiger partial charge in [0.15, 0.2) is 0 Å². The molecule has 0 heterocycles. The smallest absolute Gasteiger partial charge is 0.212 e. The molecule has 1 fully saturated rings. The highest BCUT2D eigenvalue weighted by Crippen LogP contribution is 2.49. The summed E-state index contributed by atoms with van der Waals surface area (Å²) in [6.07, 6.45) is 2.98. The van der Waals surface area contributed by atoms with Gasteiger partial charge in [0, 0.05) is 10.7 Å². The number of hydrogen-bond acceptors (Lipinski definition) is 2. The van der Waals surface area contributed by atoms with E-state index < -0.39 is 13.8 Å². The van der Waals surface area contributed by atoms with E-state index in [9.17, 15) is 8.42 Å². The maximum Gasteiger partial charge on any atom is 0.238 e. The van der Waals surface area contributed by atoms with Gasteiger partial charge in [0.2, 0.25) is 9.05 Å². The summed E-state index contributed by atoms with van der Waals surface area (Å²) in [5, 5.41) is 0. The third-order valence-electron chi connectivity index (χ3n) is 3.13. The van der Waals surface area contributed by atoms with Crippen LogP contribution in [-0.2, 0) is 9.05 Å². The van der Waals surface area contributed by atoms with Crippen LogP contribution in [-0.4, -0.2) is 13.2 Å². The second kappa shape index (κ2) is 3.86. The number of halogens is 1.